The molecule has 0 aliphatic carbocycles. The quantitative estimate of drug-likeness (QED) is 0.168. The molecule has 0 amide bonds. The maximum Gasteiger partial charge on any atom is 0.164 e. The summed E-state index contributed by atoms with van der Waals surface area (Å²) < 4.78 is 11.6. The first-order valence-corrected chi connectivity index (χ1v) is 21.9. The second kappa shape index (κ2) is 14.2. The monoisotopic (exact) mass is 822 g/mol. The number of hydrogen-bond acceptors (Lipinski definition) is 5. The van der Waals surface area contributed by atoms with Crippen molar-refractivity contribution < 1.29 is 4.42 Å². The lowest BCUT2D eigenvalue weighted by Crippen LogP contribution is -2.00. The van der Waals surface area contributed by atoms with Crippen molar-refractivity contribution in [3.8, 4) is 62.1 Å². The smallest absolute Gasteiger partial charge is 0.164 e. The van der Waals surface area contributed by atoms with Crippen LogP contribution in [0.3, 0.4) is 0 Å². The molecule has 63 heavy (non-hydrogen) atoms. The Balaban J connectivity index is 1.04. The Bertz CT molecular complexity index is 3870. The van der Waals surface area contributed by atoms with Crippen molar-refractivity contribution in [1.29, 1.82) is 0 Å². The van der Waals surface area contributed by atoms with Gasteiger partial charge in [-0.1, -0.05) is 152 Å². The van der Waals surface area contributed by atoms with Crippen molar-refractivity contribution in [3.63, 3.8) is 0 Å². The Kier molecular flexibility index (Phi) is 8.01. The highest BCUT2D eigenvalue weighted by atomic mass is 32.1. The summed E-state index contributed by atoms with van der Waals surface area (Å²) in [4.78, 5) is 15.5. The molecule has 13 aromatic rings. The van der Waals surface area contributed by atoms with Crippen LogP contribution in [0.4, 0.5) is 0 Å². The van der Waals surface area contributed by atoms with E-state index in [0.717, 1.165) is 61.0 Å². The summed E-state index contributed by atoms with van der Waals surface area (Å²) >= 11 is 1.84. The molecule has 0 unspecified atom stereocenters. The predicted octanol–water partition coefficient (Wildman–Crippen LogP) is 15.6. The fraction of sp³-hybridized carbons (Fsp3) is 0. The van der Waals surface area contributed by atoms with E-state index in [0.29, 0.717) is 17.5 Å². The Morgan fingerprint density at radius 3 is 1.75 bits per heavy atom. The van der Waals surface area contributed by atoms with E-state index in [1.807, 2.05) is 59.9 Å². The largest absolute Gasteiger partial charge is 0.456 e. The summed E-state index contributed by atoms with van der Waals surface area (Å²) in [6, 6.07) is 72.7. The van der Waals surface area contributed by atoms with Gasteiger partial charge < -0.3 is 8.98 Å². The molecule has 294 valence electrons. The van der Waals surface area contributed by atoms with Crippen LogP contribution in [0.15, 0.2) is 211 Å². The molecule has 13 rings (SSSR count). The van der Waals surface area contributed by atoms with Crippen molar-refractivity contribution in [2.75, 3.05) is 0 Å². The molecule has 0 saturated carbocycles. The number of benzene rings is 9. The van der Waals surface area contributed by atoms with Gasteiger partial charge in [0.25, 0.3) is 0 Å². The summed E-state index contributed by atoms with van der Waals surface area (Å²) in [6.07, 6.45) is 0. The zero-order chi connectivity index (χ0) is 41.4. The molecular weight excluding hydrogens is 789 g/mol. The minimum atomic E-state index is 0.585. The maximum atomic E-state index is 6.65. The Morgan fingerprint density at radius 1 is 0.349 bits per heavy atom. The molecule has 5 nitrogen and oxygen atoms in total. The van der Waals surface area contributed by atoms with E-state index in [4.69, 9.17) is 19.4 Å². The molecule has 0 saturated heterocycles. The third-order valence-electron chi connectivity index (χ3n) is 12.2. The van der Waals surface area contributed by atoms with Gasteiger partial charge in [-0.3, -0.25) is 0 Å². The number of hydrogen-bond donors (Lipinski definition) is 0. The van der Waals surface area contributed by atoms with Crippen molar-refractivity contribution in [3.05, 3.63) is 206 Å². The number of aromatic nitrogens is 4. The van der Waals surface area contributed by atoms with Crippen molar-refractivity contribution in [2.24, 2.45) is 0 Å². The van der Waals surface area contributed by atoms with Gasteiger partial charge in [-0.2, -0.15) is 0 Å². The molecule has 0 radical (unpaired) electrons. The highest BCUT2D eigenvalue weighted by molar-refractivity contribution is 7.26. The van der Waals surface area contributed by atoms with Crippen LogP contribution >= 0.6 is 11.3 Å². The van der Waals surface area contributed by atoms with Crippen LogP contribution in [0.1, 0.15) is 0 Å². The van der Waals surface area contributed by atoms with E-state index < -0.39 is 0 Å². The SMILES string of the molecule is c1ccc(-c2cccc(-c3nc(-c4ccccc4)nc(-c4cccc5oc6ccc(-c7cc(-n8c9ccccc9c9ccccc98)cc8sc9ccccc9c78)cc6c45)n3)c2)cc1. The van der Waals surface area contributed by atoms with Crippen LogP contribution in [0.5, 0.6) is 0 Å². The van der Waals surface area contributed by atoms with Crippen LogP contribution in [-0.4, -0.2) is 19.5 Å². The van der Waals surface area contributed by atoms with Crippen molar-refractivity contribution in [1.82, 2.24) is 19.5 Å². The van der Waals surface area contributed by atoms with E-state index in [9.17, 15) is 0 Å². The first kappa shape index (κ1) is 35.6. The van der Waals surface area contributed by atoms with Gasteiger partial charge in [-0.25, -0.2) is 15.0 Å². The molecule has 0 atom stereocenters. The summed E-state index contributed by atoms with van der Waals surface area (Å²) in [5.74, 6) is 1.80. The molecule has 0 spiro atoms. The number of fused-ring (bicyclic) bond motifs is 9. The summed E-state index contributed by atoms with van der Waals surface area (Å²) in [5.41, 5.74) is 12.3. The number of furan rings is 1. The van der Waals surface area contributed by atoms with Crippen LogP contribution in [-0.2, 0) is 0 Å². The average Bonchev–Trinajstić information content (AvgIpc) is 4.03. The lowest BCUT2D eigenvalue weighted by atomic mass is 9.96. The van der Waals surface area contributed by atoms with E-state index in [2.05, 4.69) is 162 Å². The minimum absolute atomic E-state index is 0.585. The van der Waals surface area contributed by atoms with Gasteiger partial charge in [0.1, 0.15) is 11.2 Å². The van der Waals surface area contributed by atoms with Crippen molar-refractivity contribution >= 4 is 75.3 Å². The summed E-state index contributed by atoms with van der Waals surface area (Å²) in [6.45, 7) is 0. The highest BCUT2D eigenvalue weighted by Gasteiger charge is 2.21. The lowest BCUT2D eigenvalue weighted by molar-refractivity contribution is 0.669. The average molecular weight is 823 g/mol. The zero-order valence-electron chi connectivity index (χ0n) is 33.7. The first-order valence-electron chi connectivity index (χ1n) is 21.1. The molecule has 4 heterocycles. The molecule has 0 bridgehead atoms. The minimum Gasteiger partial charge on any atom is -0.456 e. The van der Waals surface area contributed by atoms with E-state index in [1.54, 1.807) is 0 Å². The van der Waals surface area contributed by atoms with Crippen LogP contribution in [0.25, 0.3) is 126 Å². The van der Waals surface area contributed by atoms with Gasteiger partial charge in [0, 0.05) is 64.1 Å². The second-order valence-electron chi connectivity index (χ2n) is 15.9. The molecule has 6 heteroatoms. The third-order valence-corrected chi connectivity index (χ3v) is 13.4. The number of rotatable bonds is 6. The molecular formula is C57H34N4OS. The van der Waals surface area contributed by atoms with Gasteiger partial charge in [0.2, 0.25) is 0 Å². The Labute approximate surface area is 365 Å². The third kappa shape index (κ3) is 5.80. The van der Waals surface area contributed by atoms with Gasteiger partial charge >= 0.3 is 0 Å². The first-order chi connectivity index (χ1) is 31.2. The summed E-state index contributed by atoms with van der Waals surface area (Å²) in [5, 5.41) is 6.95. The highest BCUT2D eigenvalue weighted by Crippen LogP contribution is 2.45. The second-order valence-corrected chi connectivity index (χ2v) is 17.0. The van der Waals surface area contributed by atoms with E-state index in [1.165, 1.54) is 47.5 Å². The maximum absolute atomic E-state index is 6.65. The van der Waals surface area contributed by atoms with Crippen LogP contribution in [0.2, 0.25) is 0 Å². The van der Waals surface area contributed by atoms with Crippen molar-refractivity contribution in [2.45, 2.75) is 0 Å². The molecule has 0 aliphatic heterocycles. The standard InChI is InChI=1S/C57H34N4OS/c1-3-15-35(16-4-1)37-19-13-20-39(31-37)56-58-55(36-17-5-2-6-18-36)59-57(60-56)44-24-14-27-50-53(44)46-32-38(29-30-49(46)62-50)45-33-40(34-52-54(45)43-23-9-12-28-51(43)63-52)61-47-25-10-7-21-41(47)42-22-8-11-26-48(42)61/h1-34H. The van der Waals surface area contributed by atoms with Crippen LogP contribution < -0.4 is 0 Å². The van der Waals surface area contributed by atoms with Gasteiger partial charge in [-0.15, -0.1) is 11.3 Å². The van der Waals surface area contributed by atoms with E-state index in [-0.39, 0.29) is 0 Å². The molecule has 0 fully saturated rings. The van der Waals surface area contributed by atoms with Gasteiger partial charge in [-0.05, 0) is 76.9 Å². The topological polar surface area (TPSA) is 56.7 Å². The van der Waals surface area contributed by atoms with Gasteiger partial charge in [0.05, 0.1) is 11.0 Å². The lowest BCUT2D eigenvalue weighted by Gasteiger charge is -2.13. The van der Waals surface area contributed by atoms with Crippen LogP contribution in [0, 0.1) is 0 Å². The normalized spacial score (nSPS) is 11.8. The molecule has 9 aromatic carbocycles. The Hall–Kier alpha value is -8.19. The van der Waals surface area contributed by atoms with E-state index >= 15 is 0 Å². The zero-order valence-corrected chi connectivity index (χ0v) is 34.6. The summed E-state index contributed by atoms with van der Waals surface area (Å²) in [7, 11) is 0. The predicted molar refractivity (Wildman–Crippen MR) is 262 cm³/mol. The molecule has 4 aromatic heterocycles. The Morgan fingerprint density at radius 2 is 0.968 bits per heavy atom. The fourth-order valence-electron chi connectivity index (χ4n) is 9.39. The fourth-order valence-corrected chi connectivity index (χ4v) is 10.6. The molecule has 0 aliphatic rings. The number of para-hydroxylation sites is 2. The van der Waals surface area contributed by atoms with Gasteiger partial charge in [0.15, 0.2) is 17.5 Å². The number of nitrogens with zero attached hydrogens (tertiary/aromatic N) is 4. The molecule has 0 N–H and O–H groups in total. The number of thiophene rings is 1.